The molecule has 0 amide bonds. The molecule has 1 aromatic carbocycles. The van der Waals surface area contributed by atoms with Crippen molar-refractivity contribution in [1.29, 1.82) is 0 Å². The minimum atomic E-state index is -0.808. The van der Waals surface area contributed by atoms with Gasteiger partial charge < -0.3 is 9.84 Å². The Morgan fingerprint density at radius 2 is 1.88 bits per heavy atom. The maximum Gasteiger partial charge on any atom is 0.307 e. The number of ether oxygens (including phenoxy) is 1. The van der Waals surface area contributed by atoms with Crippen LogP contribution in [0.15, 0.2) is 12.1 Å². The number of methoxy groups -OCH3 is 1. The van der Waals surface area contributed by atoms with Gasteiger partial charge in [0.25, 0.3) is 0 Å². The Morgan fingerprint density at radius 1 is 1.24 bits per heavy atom. The number of aliphatic carboxylic acids is 1. The molecule has 3 nitrogen and oxygen atoms in total. The zero-order valence-corrected chi connectivity index (χ0v) is 10.2. The van der Waals surface area contributed by atoms with E-state index in [0.717, 1.165) is 18.4 Å². The molecule has 0 spiro atoms. The second-order valence-electron chi connectivity index (χ2n) is 4.56. The lowest BCUT2D eigenvalue weighted by molar-refractivity contribution is -0.136. The van der Waals surface area contributed by atoms with Gasteiger partial charge in [0, 0.05) is 5.56 Å². The SMILES string of the molecule is COc1cc2c(cc1CC(=O)O)CCCCC2. The molecule has 0 aromatic heterocycles. The van der Waals surface area contributed by atoms with Crippen molar-refractivity contribution < 1.29 is 14.6 Å². The number of benzene rings is 1. The van der Waals surface area contributed by atoms with E-state index in [0.29, 0.717) is 5.75 Å². The van der Waals surface area contributed by atoms with Crippen LogP contribution in [0.2, 0.25) is 0 Å². The molecule has 2 rings (SSSR count). The van der Waals surface area contributed by atoms with Crippen LogP contribution in [0.25, 0.3) is 0 Å². The normalized spacial score (nSPS) is 14.9. The van der Waals surface area contributed by atoms with Gasteiger partial charge in [-0.05, 0) is 42.9 Å². The minimum Gasteiger partial charge on any atom is -0.496 e. The van der Waals surface area contributed by atoms with Crippen LogP contribution < -0.4 is 4.74 Å². The minimum absolute atomic E-state index is 0.0381. The van der Waals surface area contributed by atoms with Gasteiger partial charge in [-0.15, -0.1) is 0 Å². The van der Waals surface area contributed by atoms with Crippen molar-refractivity contribution in [3.05, 3.63) is 28.8 Å². The van der Waals surface area contributed by atoms with Gasteiger partial charge in [-0.3, -0.25) is 4.79 Å². The Morgan fingerprint density at radius 3 is 2.47 bits per heavy atom. The lowest BCUT2D eigenvalue weighted by atomic mass is 9.98. The van der Waals surface area contributed by atoms with Crippen LogP contribution in [-0.2, 0) is 24.1 Å². The molecule has 0 saturated carbocycles. The fourth-order valence-electron chi connectivity index (χ4n) is 2.48. The zero-order valence-electron chi connectivity index (χ0n) is 10.2. The first-order valence-electron chi connectivity index (χ1n) is 6.11. The van der Waals surface area contributed by atoms with E-state index in [2.05, 4.69) is 0 Å². The lowest BCUT2D eigenvalue weighted by Crippen LogP contribution is -2.04. The van der Waals surface area contributed by atoms with Gasteiger partial charge in [0.05, 0.1) is 13.5 Å². The number of carbonyl (C=O) groups is 1. The average Bonchev–Trinajstić information content (AvgIpc) is 2.51. The van der Waals surface area contributed by atoms with E-state index in [4.69, 9.17) is 9.84 Å². The van der Waals surface area contributed by atoms with Crippen LogP contribution in [0.5, 0.6) is 5.75 Å². The number of carboxylic acids is 1. The highest BCUT2D eigenvalue weighted by atomic mass is 16.5. The maximum absolute atomic E-state index is 10.8. The first kappa shape index (κ1) is 12.0. The third-order valence-corrected chi connectivity index (χ3v) is 3.34. The highest BCUT2D eigenvalue weighted by Gasteiger charge is 2.14. The van der Waals surface area contributed by atoms with Crippen molar-refractivity contribution in [2.45, 2.75) is 38.5 Å². The molecule has 1 aromatic rings. The van der Waals surface area contributed by atoms with E-state index in [9.17, 15) is 4.79 Å². The predicted molar refractivity (Wildman–Crippen MR) is 65.6 cm³/mol. The summed E-state index contributed by atoms with van der Waals surface area (Å²) < 4.78 is 5.29. The number of aryl methyl sites for hydroxylation is 2. The molecule has 0 unspecified atom stereocenters. The molecule has 17 heavy (non-hydrogen) atoms. The van der Waals surface area contributed by atoms with E-state index in [1.165, 1.54) is 30.4 Å². The van der Waals surface area contributed by atoms with Crippen LogP contribution in [-0.4, -0.2) is 18.2 Å². The molecule has 3 heteroatoms. The van der Waals surface area contributed by atoms with Crippen LogP contribution in [0.4, 0.5) is 0 Å². The smallest absolute Gasteiger partial charge is 0.307 e. The summed E-state index contributed by atoms with van der Waals surface area (Å²) in [5.74, 6) is -0.0927. The van der Waals surface area contributed by atoms with E-state index in [1.807, 2.05) is 12.1 Å². The largest absolute Gasteiger partial charge is 0.496 e. The maximum atomic E-state index is 10.8. The Balaban J connectivity index is 2.38. The second kappa shape index (κ2) is 5.21. The first-order valence-corrected chi connectivity index (χ1v) is 6.11. The Hall–Kier alpha value is -1.51. The van der Waals surface area contributed by atoms with E-state index >= 15 is 0 Å². The molecule has 0 bridgehead atoms. The van der Waals surface area contributed by atoms with Gasteiger partial charge in [-0.2, -0.15) is 0 Å². The molecule has 0 radical (unpaired) electrons. The molecule has 0 saturated heterocycles. The van der Waals surface area contributed by atoms with Gasteiger partial charge >= 0.3 is 5.97 Å². The number of rotatable bonds is 3. The van der Waals surface area contributed by atoms with Crippen molar-refractivity contribution in [1.82, 2.24) is 0 Å². The molecular formula is C14H18O3. The Bertz CT molecular complexity index is 424. The summed E-state index contributed by atoms with van der Waals surface area (Å²) in [6.07, 6.45) is 5.85. The van der Waals surface area contributed by atoms with Crippen LogP contribution in [0.1, 0.15) is 36.0 Å². The molecule has 0 atom stereocenters. The average molecular weight is 234 g/mol. The monoisotopic (exact) mass is 234 g/mol. The molecule has 0 fully saturated rings. The van der Waals surface area contributed by atoms with Crippen molar-refractivity contribution in [3.8, 4) is 5.75 Å². The molecule has 0 heterocycles. The summed E-state index contributed by atoms with van der Waals surface area (Å²) in [6, 6.07) is 4.05. The predicted octanol–water partition coefficient (Wildman–Crippen LogP) is 2.59. The van der Waals surface area contributed by atoms with Crippen molar-refractivity contribution in [3.63, 3.8) is 0 Å². The molecule has 1 aliphatic rings. The fourth-order valence-corrected chi connectivity index (χ4v) is 2.48. The summed E-state index contributed by atoms with van der Waals surface area (Å²) >= 11 is 0. The molecule has 0 aliphatic heterocycles. The second-order valence-corrected chi connectivity index (χ2v) is 4.56. The topological polar surface area (TPSA) is 46.5 Å². The molecular weight excluding hydrogens is 216 g/mol. The molecule has 92 valence electrons. The number of hydrogen-bond donors (Lipinski definition) is 1. The molecule has 1 N–H and O–H groups in total. The van der Waals surface area contributed by atoms with Gasteiger partial charge in [-0.1, -0.05) is 12.5 Å². The summed E-state index contributed by atoms with van der Waals surface area (Å²) in [7, 11) is 1.60. The zero-order chi connectivity index (χ0) is 12.3. The molecule has 1 aliphatic carbocycles. The van der Waals surface area contributed by atoms with Gasteiger partial charge in [0.1, 0.15) is 5.75 Å². The van der Waals surface area contributed by atoms with Crippen molar-refractivity contribution >= 4 is 5.97 Å². The van der Waals surface area contributed by atoms with Gasteiger partial charge in [0.2, 0.25) is 0 Å². The fraction of sp³-hybridized carbons (Fsp3) is 0.500. The van der Waals surface area contributed by atoms with Gasteiger partial charge in [-0.25, -0.2) is 0 Å². The summed E-state index contributed by atoms with van der Waals surface area (Å²) in [4.78, 5) is 10.8. The summed E-state index contributed by atoms with van der Waals surface area (Å²) in [5, 5.41) is 8.89. The van der Waals surface area contributed by atoms with Crippen LogP contribution >= 0.6 is 0 Å². The third kappa shape index (κ3) is 2.78. The highest BCUT2D eigenvalue weighted by Crippen LogP contribution is 2.28. The van der Waals surface area contributed by atoms with E-state index in [-0.39, 0.29) is 6.42 Å². The summed E-state index contributed by atoms with van der Waals surface area (Å²) in [6.45, 7) is 0. The van der Waals surface area contributed by atoms with Crippen LogP contribution in [0.3, 0.4) is 0 Å². The van der Waals surface area contributed by atoms with Crippen molar-refractivity contribution in [2.75, 3.05) is 7.11 Å². The highest BCUT2D eigenvalue weighted by molar-refractivity contribution is 5.71. The van der Waals surface area contributed by atoms with E-state index in [1.54, 1.807) is 7.11 Å². The number of carboxylic acid groups (broad SMARTS) is 1. The Labute approximate surface area is 101 Å². The summed E-state index contributed by atoms with van der Waals surface area (Å²) in [5.41, 5.74) is 3.42. The standard InChI is InChI=1S/C14H18O3/c1-17-13-8-11-6-4-2-3-5-10(11)7-12(13)9-14(15)16/h7-8H,2-6,9H2,1H3,(H,15,16). The Kier molecular flexibility index (Phi) is 3.67. The van der Waals surface area contributed by atoms with E-state index < -0.39 is 5.97 Å². The third-order valence-electron chi connectivity index (χ3n) is 3.34. The van der Waals surface area contributed by atoms with Crippen LogP contribution in [0, 0.1) is 0 Å². The quantitative estimate of drug-likeness (QED) is 0.818. The number of hydrogen-bond acceptors (Lipinski definition) is 2. The lowest BCUT2D eigenvalue weighted by Gasteiger charge is -2.12. The van der Waals surface area contributed by atoms with Crippen molar-refractivity contribution in [2.24, 2.45) is 0 Å². The van der Waals surface area contributed by atoms with Gasteiger partial charge in [0.15, 0.2) is 0 Å². The first-order chi connectivity index (χ1) is 8.20. The number of fused-ring (bicyclic) bond motifs is 1.